The normalized spacial score (nSPS) is 20.1. The van der Waals surface area contributed by atoms with Crippen molar-refractivity contribution in [3.05, 3.63) is 34.3 Å². The molecule has 1 aliphatic heterocycles. The van der Waals surface area contributed by atoms with Gasteiger partial charge in [-0.25, -0.2) is 0 Å². The van der Waals surface area contributed by atoms with E-state index in [4.69, 9.17) is 4.74 Å². The third-order valence-corrected chi connectivity index (χ3v) is 2.89. The van der Waals surface area contributed by atoms with Crippen LogP contribution in [-0.2, 0) is 9.53 Å². The Labute approximate surface area is 95.6 Å². The molecule has 0 bridgehead atoms. The molecular formula is C11H9BrO3. The predicted molar refractivity (Wildman–Crippen MR) is 57.5 cm³/mol. The summed E-state index contributed by atoms with van der Waals surface area (Å²) in [4.78, 5) is 22.7. The molecule has 1 heterocycles. The predicted octanol–water partition coefficient (Wildman–Crippen LogP) is 2.19. The first-order valence-corrected chi connectivity index (χ1v) is 5.41. The van der Waals surface area contributed by atoms with E-state index in [2.05, 4.69) is 15.9 Å². The molecular weight excluding hydrogens is 260 g/mol. The summed E-state index contributed by atoms with van der Waals surface area (Å²) in [6.45, 7) is 0.216. The summed E-state index contributed by atoms with van der Waals surface area (Å²) in [5.74, 6) is -0.613. The minimum atomic E-state index is -0.307. The molecule has 0 amide bonds. The Balaban J connectivity index is 2.14. The Kier molecular flexibility index (Phi) is 2.86. The summed E-state index contributed by atoms with van der Waals surface area (Å²) in [7, 11) is 0. The van der Waals surface area contributed by atoms with Crippen LogP contribution in [-0.4, -0.2) is 18.4 Å². The Hall–Kier alpha value is -1.16. The van der Waals surface area contributed by atoms with Gasteiger partial charge in [0.25, 0.3) is 0 Å². The third kappa shape index (κ3) is 2.26. The molecule has 1 aromatic rings. The average molecular weight is 269 g/mol. The second kappa shape index (κ2) is 4.14. The van der Waals surface area contributed by atoms with E-state index in [9.17, 15) is 9.59 Å². The Morgan fingerprint density at radius 1 is 1.33 bits per heavy atom. The number of esters is 1. The van der Waals surface area contributed by atoms with Crippen LogP contribution in [0.5, 0.6) is 0 Å². The van der Waals surface area contributed by atoms with Crippen LogP contribution in [0.1, 0.15) is 16.8 Å². The fourth-order valence-corrected chi connectivity index (χ4v) is 1.80. The van der Waals surface area contributed by atoms with E-state index in [-0.39, 0.29) is 30.7 Å². The van der Waals surface area contributed by atoms with Crippen LogP contribution in [0.4, 0.5) is 0 Å². The largest absolute Gasteiger partial charge is 0.465 e. The Bertz CT molecular complexity index is 397. The van der Waals surface area contributed by atoms with E-state index in [0.717, 1.165) is 4.47 Å². The third-order valence-electron chi connectivity index (χ3n) is 2.36. The van der Waals surface area contributed by atoms with Crippen LogP contribution in [0.2, 0.25) is 0 Å². The van der Waals surface area contributed by atoms with Crippen LogP contribution in [0.3, 0.4) is 0 Å². The van der Waals surface area contributed by atoms with Crippen molar-refractivity contribution < 1.29 is 14.3 Å². The van der Waals surface area contributed by atoms with Gasteiger partial charge in [0, 0.05) is 10.0 Å². The number of benzene rings is 1. The molecule has 78 valence electrons. The first-order valence-electron chi connectivity index (χ1n) is 4.62. The lowest BCUT2D eigenvalue weighted by Gasteiger charge is -2.04. The zero-order chi connectivity index (χ0) is 10.8. The van der Waals surface area contributed by atoms with E-state index in [1.807, 2.05) is 12.1 Å². The SMILES string of the molecule is O=C1C[C@H](C(=O)c2ccc(Br)cc2)CO1. The zero-order valence-electron chi connectivity index (χ0n) is 7.90. The fraction of sp³-hybridized carbons (Fsp3) is 0.273. The van der Waals surface area contributed by atoms with Crippen molar-refractivity contribution in [2.45, 2.75) is 6.42 Å². The number of ketones is 1. The molecule has 0 radical (unpaired) electrons. The second-order valence-corrected chi connectivity index (χ2v) is 4.37. The smallest absolute Gasteiger partial charge is 0.306 e. The zero-order valence-corrected chi connectivity index (χ0v) is 9.49. The van der Waals surface area contributed by atoms with E-state index in [1.54, 1.807) is 12.1 Å². The number of hydrogen-bond donors (Lipinski definition) is 0. The molecule has 1 atom stereocenters. The van der Waals surface area contributed by atoms with Gasteiger partial charge in [-0.15, -0.1) is 0 Å². The molecule has 15 heavy (non-hydrogen) atoms. The van der Waals surface area contributed by atoms with Gasteiger partial charge in [-0.1, -0.05) is 28.1 Å². The number of rotatable bonds is 2. The van der Waals surface area contributed by atoms with E-state index in [0.29, 0.717) is 5.56 Å². The number of Topliss-reactive ketones (excluding diaryl/α,β-unsaturated/α-hetero) is 1. The van der Waals surface area contributed by atoms with Gasteiger partial charge in [0.1, 0.15) is 6.61 Å². The molecule has 0 unspecified atom stereocenters. The number of ether oxygens (including phenoxy) is 1. The monoisotopic (exact) mass is 268 g/mol. The van der Waals surface area contributed by atoms with Gasteiger partial charge in [-0.05, 0) is 12.1 Å². The minimum Gasteiger partial charge on any atom is -0.465 e. The summed E-state index contributed by atoms with van der Waals surface area (Å²) in [6, 6.07) is 7.11. The molecule has 1 aliphatic rings. The molecule has 4 heteroatoms. The van der Waals surface area contributed by atoms with Gasteiger partial charge >= 0.3 is 5.97 Å². The molecule has 1 saturated heterocycles. The van der Waals surface area contributed by atoms with Gasteiger partial charge in [-0.2, -0.15) is 0 Å². The van der Waals surface area contributed by atoms with Crippen LogP contribution in [0.15, 0.2) is 28.7 Å². The summed E-state index contributed by atoms with van der Waals surface area (Å²) in [5.41, 5.74) is 0.626. The van der Waals surface area contributed by atoms with Gasteiger partial charge in [0.15, 0.2) is 5.78 Å². The molecule has 0 aliphatic carbocycles. The second-order valence-electron chi connectivity index (χ2n) is 3.46. The number of cyclic esters (lactones) is 1. The Morgan fingerprint density at radius 2 is 2.00 bits per heavy atom. The minimum absolute atomic E-state index is 0.0200. The van der Waals surface area contributed by atoms with E-state index >= 15 is 0 Å². The van der Waals surface area contributed by atoms with Crippen molar-refractivity contribution in [2.24, 2.45) is 5.92 Å². The van der Waals surface area contributed by atoms with Gasteiger partial charge < -0.3 is 4.74 Å². The highest BCUT2D eigenvalue weighted by Gasteiger charge is 2.30. The number of carbonyl (C=O) groups is 2. The standard InChI is InChI=1S/C11H9BrO3/c12-9-3-1-7(2-4-9)11(14)8-5-10(13)15-6-8/h1-4,8H,5-6H2/t8-/m0/s1. The van der Waals surface area contributed by atoms with E-state index in [1.165, 1.54) is 0 Å². The molecule has 2 rings (SSSR count). The van der Waals surface area contributed by atoms with Gasteiger partial charge in [0.2, 0.25) is 0 Å². The average Bonchev–Trinajstić information content (AvgIpc) is 2.65. The van der Waals surface area contributed by atoms with Crippen molar-refractivity contribution in [3.8, 4) is 0 Å². The summed E-state index contributed by atoms with van der Waals surface area (Å²) in [6.07, 6.45) is 0.203. The van der Waals surface area contributed by atoms with Crippen LogP contribution < -0.4 is 0 Å². The maximum absolute atomic E-state index is 11.9. The van der Waals surface area contributed by atoms with Crippen molar-refractivity contribution in [1.82, 2.24) is 0 Å². The number of hydrogen-bond acceptors (Lipinski definition) is 3. The van der Waals surface area contributed by atoms with Crippen molar-refractivity contribution in [3.63, 3.8) is 0 Å². The lowest BCUT2D eigenvalue weighted by molar-refractivity contribution is -0.137. The topological polar surface area (TPSA) is 43.4 Å². The Morgan fingerprint density at radius 3 is 2.53 bits per heavy atom. The van der Waals surface area contributed by atoms with Crippen molar-refractivity contribution >= 4 is 27.7 Å². The fourth-order valence-electron chi connectivity index (χ4n) is 1.53. The lowest BCUT2D eigenvalue weighted by Crippen LogP contribution is -2.14. The molecule has 0 spiro atoms. The number of halogens is 1. The first kappa shape index (κ1) is 10.4. The van der Waals surface area contributed by atoms with Crippen LogP contribution in [0, 0.1) is 5.92 Å². The molecule has 3 nitrogen and oxygen atoms in total. The molecule has 1 aromatic carbocycles. The first-order chi connectivity index (χ1) is 7.16. The summed E-state index contributed by atoms with van der Waals surface area (Å²) in [5, 5.41) is 0. The highest BCUT2D eigenvalue weighted by molar-refractivity contribution is 9.10. The van der Waals surface area contributed by atoms with Crippen molar-refractivity contribution in [1.29, 1.82) is 0 Å². The van der Waals surface area contributed by atoms with Gasteiger partial charge in [0.05, 0.1) is 12.3 Å². The molecule has 0 N–H and O–H groups in total. The maximum atomic E-state index is 11.9. The number of carbonyl (C=O) groups excluding carboxylic acids is 2. The van der Waals surface area contributed by atoms with Crippen LogP contribution in [0.25, 0.3) is 0 Å². The highest BCUT2D eigenvalue weighted by atomic mass is 79.9. The highest BCUT2D eigenvalue weighted by Crippen LogP contribution is 2.20. The lowest BCUT2D eigenvalue weighted by atomic mass is 9.97. The van der Waals surface area contributed by atoms with E-state index < -0.39 is 0 Å². The molecule has 1 fully saturated rings. The van der Waals surface area contributed by atoms with Gasteiger partial charge in [-0.3, -0.25) is 9.59 Å². The van der Waals surface area contributed by atoms with Crippen molar-refractivity contribution in [2.75, 3.05) is 6.61 Å². The van der Waals surface area contributed by atoms with Crippen LogP contribution >= 0.6 is 15.9 Å². The maximum Gasteiger partial charge on any atom is 0.306 e. The summed E-state index contributed by atoms with van der Waals surface area (Å²) < 4.78 is 5.69. The summed E-state index contributed by atoms with van der Waals surface area (Å²) >= 11 is 3.30. The molecule has 0 saturated carbocycles. The molecule has 0 aromatic heterocycles. The quantitative estimate of drug-likeness (QED) is 0.610.